The number of hydrogen-bond acceptors (Lipinski definition) is 6. The van der Waals surface area contributed by atoms with Gasteiger partial charge in [0.25, 0.3) is 11.5 Å². The van der Waals surface area contributed by atoms with Crippen LogP contribution in [0.15, 0.2) is 57.8 Å². The van der Waals surface area contributed by atoms with E-state index in [0.717, 1.165) is 26.3 Å². The summed E-state index contributed by atoms with van der Waals surface area (Å²) in [5, 5.41) is 6.91. The first-order valence-corrected chi connectivity index (χ1v) is 10.7. The van der Waals surface area contributed by atoms with E-state index >= 15 is 0 Å². The van der Waals surface area contributed by atoms with E-state index in [-0.39, 0.29) is 18.1 Å². The molecule has 0 atom stereocenters. The highest BCUT2D eigenvalue weighted by atomic mass is 79.9. The van der Waals surface area contributed by atoms with Crippen LogP contribution in [0.2, 0.25) is 0 Å². The zero-order valence-corrected chi connectivity index (χ0v) is 19.4. The minimum Gasteiger partial charge on any atom is -0.481 e. The molecule has 0 saturated carbocycles. The molecular weight excluding hydrogens is 478 g/mol. The number of hydrogen-bond donors (Lipinski definition) is 1. The lowest BCUT2D eigenvalue weighted by molar-refractivity contribution is -0.118. The Hall–Kier alpha value is -3.46. The molecule has 3 rings (SSSR count). The van der Waals surface area contributed by atoms with Crippen LogP contribution < -0.4 is 15.6 Å². The molecule has 0 aliphatic carbocycles. The van der Waals surface area contributed by atoms with Crippen LogP contribution in [0.4, 0.5) is 5.69 Å². The molecule has 1 amide bonds. The molecule has 0 aliphatic rings. The minimum absolute atomic E-state index is 0.114. The molecular formula is C23H22BrN3O5. The SMILES string of the molecule is CCOC(=O)c1nn(-c2cccc(Br)c2)c(=O)cc1OCC(=O)Nc1cccc(C)c1C. The van der Waals surface area contributed by atoms with Gasteiger partial charge in [-0.3, -0.25) is 9.59 Å². The normalized spacial score (nSPS) is 10.5. The molecule has 9 heteroatoms. The predicted molar refractivity (Wildman–Crippen MR) is 124 cm³/mol. The first kappa shape index (κ1) is 23.2. The van der Waals surface area contributed by atoms with Gasteiger partial charge in [-0.2, -0.15) is 9.78 Å². The van der Waals surface area contributed by atoms with E-state index in [1.807, 2.05) is 26.0 Å². The second-order valence-electron chi connectivity index (χ2n) is 6.89. The number of nitrogens with zero attached hydrogens (tertiary/aromatic N) is 2. The fourth-order valence-electron chi connectivity index (χ4n) is 2.90. The van der Waals surface area contributed by atoms with Crippen LogP contribution in [0.25, 0.3) is 5.69 Å². The van der Waals surface area contributed by atoms with Gasteiger partial charge in [0.1, 0.15) is 0 Å². The zero-order valence-electron chi connectivity index (χ0n) is 17.8. The molecule has 3 aromatic rings. The topological polar surface area (TPSA) is 99.5 Å². The summed E-state index contributed by atoms with van der Waals surface area (Å²) in [4.78, 5) is 37.5. The highest BCUT2D eigenvalue weighted by Gasteiger charge is 2.21. The van der Waals surface area contributed by atoms with Crippen LogP contribution in [-0.2, 0) is 9.53 Å². The van der Waals surface area contributed by atoms with Gasteiger partial charge in [0.2, 0.25) is 5.69 Å². The maximum atomic E-state index is 12.7. The van der Waals surface area contributed by atoms with Crippen molar-refractivity contribution in [3.63, 3.8) is 0 Å². The summed E-state index contributed by atoms with van der Waals surface area (Å²) in [6.07, 6.45) is 0. The van der Waals surface area contributed by atoms with Gasteiger partial charge in [-0.15, -0.1) is 0 Å². The predicted octanol–water partition coefficient (Wildman–Crippen LogP) is 3.81. The Labute approximate surface area is 193 Å². The summed E-state index contributed by atoms with van der Waals surface area (Å²) in [6, 6.07) is 13.6. The number of aryl methyl sites for hydroxylation is 1. The van der Waals surface area contributed by atoms with Crippen molar-refractivity contribution in [1.82, 2.24) is 9.78 Å². The Kier molecular flexibility index (Phi) is 7.42. The van der Waals surface area contributed by atoms with Crippen molar-refractivity contribution < 1.29 is 19.1 Å². The summed E-state index contributed by atoms with van der Waals surface area (Å²) in [5.41, 5.74) is 2.36. The Morgan fingerprint density at radius 2 is 1.88 bits per heavy atom. The lowest BCUT2D eigenvalue weighted by Crippen LogP contribution is -2.27. The number of anilines is 1. The van der Waals surface area contributed by atoms with E-state index in [2.05, 4.69) is 26.3 Å². The smallest absolute Gasteiger partial charge is 0.362 e. The second kappa shape index (κ2) is 10.2. The molecule has 0 fully saturated rings. The highest BCUT2D eigenvalue weighted by Crippen LogP contribution is 2.20. The Bertz CT molecular complexity index is 1220. The maximum absolute atomic E-state index is 12.7. The third kappa shape index (κ3) is 5.42. The Balaban J connectivity index is 1.87. The molecule has 2 aromatic carbocycles. The van der Waals surface area contributed by atoms with E-state index in [4.69, 9.17) is 9.47 Å². The van der Waals surface area contributed by atoms with Crippen LogP contribution in [0.3, 0.4) is 0 Å². The van der Waals surface area contributed by atoms with Gasteiger partial charge in [0, 0.05) is 10.2 Å². The first-order valence-electron chi connectivity index (χ1n) is 9.86. The van der Waals surface area contributed by atoms with Crippen LogP contribution in [0, 0.1) is 13.8 Å². The lowest BCUT2D eigenvalue weighted by Gasteiger charge is -2.13. The fraction of sp³-hybridized carbons (Fsp3) is 0.217. The monoisotopic (exact) mass is 499 g/mol. The highest BCUT2D eigenvalue weighted by molar-refractivity contribution is 9.10. The van der Waals surface area contributed by atoms with Crippen molar-refractivity contribution in [3.8, 4) is 11.4 Å². The zero-order chi connectivity index (χ0) is 23.3. The van der Waals surface area contributed by atoms with E-state index in [1.165, 1.54) is 0 Å². The summed E-state index contributed by atoms with van der Waals surface area (Å²) in [7, 11) is 0. The molecule has 1 heterocycles. The molecule has 8 nitrogen and oxygen atoms in total. The first-order chi connectivity index (χ1) is 15.3. The number of aromatic nitrogens is 2. The molecule has 32 heavy (non-hydrogen) atoms. The molecule has 0 saturated heterocycles. The second-order valence-corrected chi connectivity index (χ2v) is 7.81. The number of rotatable bonds is 7. The number of carbonyl (C=O) groups excluding carboxylic acids is 2. The number of nitrogens with one attached hydrogen (secondary N) is 1. The molecule has 0 spiro atoms. The van der Waals surface area contributed by atoms with Crippen molar-refractivity contribution in [3.05, 3.63) is 80.2 Å². The summed E-state index contributed by atoms with van der Waals surface area (Å²) in [6.45, 7) is 5.19. The summed E-state index contributed by atoms with van der Waals surface area (Å²) >= 11 is 3.34. The van der Waals surface area contributed by atoms with E-state index in [1.54, 1.807) is 37.3 Å². The van der Waals surface area contributed by atoms with Crippen LogP contribution >= 0.6 is 15.9 Å². The molecule has 1 N–H and O–H groups in total. The number of halogens is 1. The third-order valence-electron chi connectivity index (χ3n) is 4.66. The van der Waals surface area contributed by atoms with Crippen LogP contribution in [0.1, 0.15) is 28.5 Å². The van der Waals surface area contributed by atoms with Gasteiger partial charge in [-0.25, -0.2) is 4.79 Å². The minimum atomic E-state index is -0.763. The molecule has 0 bridgehead atoms. The van der Waals surface area contributed by atoms with Gasteiger partial charge in [-0.1, -0.05) is 34.1 Å². The van der Waals surface area contributed by atoms with Crippen molar-refractivity contribution in [1.29, 1.82) is 0 Å². The standard InChI is InChI=1S/C23H22BrN3O5/c1-4-31-23(30)22-19(12-21(29)27(26-22)17-9-6-8-16(24)11-17)32-13-20(28)25-18-10-5-7-14(2)15(18)3/h5-12H,4,13H2,1-3H3,(H,25,28). The Morgan fingerprint density at radius 1 is 1.12 bits per heavy atom. The summed E-state index contributed by atoms with van der Waals surface area (Å²) in [5.74, 6) is -1.33. The van der Waals surface area contributed by atoms with Gasteiger partial charge in [0.05, 0.1) is 18.4 Å². The lowest BCUT2D eigenvalue weighted by atomic mass is 10.1. The van der Waals surface area contributed by atoms with E-state index < -0.39 is 24.0 Å². The average Bonchev–Trinajstić information content (AvgIpc) is 2.75. The third-order valence-corrected chi connectivity index (χ3v) is 5.15. The summed E-state index contributed by atoms with van der Waals surface area (Å²) < 4.78 is 12.4. The number of amides is 1. The largest absolute Gasteiger partial charge is 0.481 e. The fourth-order valence-corrected chi connectivity index (χ4v) is 3.29. The molecule has 0 aliphatic heterocycles. The van der Waals surface area contributed by atoms with Crippen molar-refractivity contribution in [2.24, 2.45) is 0 Å². The van der Waals surface area contributed by atoms with E-state index in [0.29, 0.717) is 11.4 Å². The van der Waals surface area contributed by atoms with Crippen molar-refractivity contribution >= 4 is 33.5 Å². The number of benzene rings is 2. The number of ether oxygens (including phenoxy) is 2. The van der Waals surface area contributed by atoms with Gasteiger partial charge >= 0.3 is 5.97 Å². The number of esters is 1. The van der Waals surface area contributed by atoms with Crippen molar-refractivity contribution in [2.45, 2.75) is 20.8 Å². The molecule has 0 unspecified atom stereocenters. The van der Waals surface area contributed by atoms with Crippen molar-refractivity contribution in [2.75, 3.05) is 18.5 Å². The van der Waals surface area contributed by atoms with Gasteiger partial charge < -0.3 is 14.8 Å². The molecule has 1 aromatic heterocycles. The van der Waals surface area contributed by atoms with Crippen LogP contribution in [0.5, 0.6) is 5.75 Å². The average molecular weight is 500 g/mol. The Morgan fingerprint density at radius 3 is 2.59 bits per heavy atom. The maximum Gasteiger partial charge on any atom is 0.362 e. The van der Waals surface area contributed by atoms with Crippen LogP contribution in [-0.4, -0.2) is 34.9 Å². The molecule has 0 radical (unpaired) electrons. The van der Waals surface area contributed by atoms with Gasteiger partial charge in [0.15, 0.2) is 12.4 Å². The molecule has 166 valence electrons. The number of carbonyl (C=O) groups is 2. The van der Waals surface area contributed by atoms with E-state index in [9.17, 15) is 14.4 Å². The van der Waals surface area contributed by atoms with Gasteiger partial charge in [-0.05, 0) is 56.2 Å². The quantitative estimate of drug-likeness (QED) is 0.496.